The molecule has 3 aromatic rings. The Labute approximate surface area is 189 Å². The standard InChI is InChI=1S/C26H30FNO4/c1-19-7-4-5-9-24(19)32-18-23(29)17-28(15-20-11-13-22(27)14-12-20)16-21-8-6-10-25(30-2)26(21)31-3/h4-14,23,29H,15-18H2,1-3H3. The summed E-state index contributed by atoms with van der Waals surface area (Å²) in [6.07, 6.45) is -0.716. The smallest absolute Gasteiger partial charge is 0.165 e. The number of benzene rings is 3. The fourth-order valence-electron chi connectivity index (χ4n) is 3.61. The Bertz CT molecular complexity index is 993. The first-order valence-electron chi connectivity index (χ1n) is 10.5. The van der Waals surface area contributed by atoms with Gasteiger partial charge >= 0.3 is 0 Å². The zero-order valence-corrected chi connectivity index (χ0v) is 18.8. The number of aliphatic hydroxyl groups excluding tert-OH is 1. The molecule has 0 spiro atoms. The zero-order valence-electron chi connectivity index (χ0n) is 18.8. The van der Waals surface area contributed by atoms with Crippen molar-refractivity contribution in [1.82, 2.24) is 4.90 Å². The van der Waals surface area contributed by atoms with Crippen LogP contribution < -0.4 is 14.2 Å². The Hall–Kier alpha value is -3.09. The van der Waals surface area contributed by atoms with Gasteiger partial charge in [-0.25, -0.2) is 4.39 Å². The van der Waals surface area contributed by atoms with Crippen molar-refractivity contribution >= 4 is 0 Å². The summed E-state index contributed by atoms with van der Waals surface area (Å²) in [5, 5.41) is 10.7. The maximum Gasteiger partial charge on any atom is 0.165 e. The predicted octanol–water partition coefficient (Wildman–Crippen LogP) is 4.59. The second-order valence-corrected chi connectivity index (χ2v) is 7.68. The van der Waals surface area contributed by atoms with Crippen molar-refractivity contribution in [2.75, 3.05) is 27.4 Å². The van der Waals surface area contributed by atoms with Crippen molar-refractivity contribution in [1.29, 1.82) is 0 Å². The van der Waals surface area contributed by atoms with Crippen molar-refractivity contribution in [3.05, 3.63) is 89.2 Å². The summed E-state index contributed by atoms with van der Waals surface area (Å²) in [7, 11) is 3.21. The van der Waals surface area contributed by atoms with Crippen molar-refractivity contribution in [2.45, 2.75) is 26.1 Å². The first-order valence-corrected chi connectivity index (χ1v) is 10.5. The molecule has 170 valence electrons. The second kappa shape index (κ2) is 11.5. The van der Waals surface area contributed by atoms with E-state index in [0.717, 1.165) is 22.4 Å². The van der Waals surface area contributed by atoms with Crippen LogP contribution in [0.5, 0.6) is 17.2 Å². The highest BCUT2D eigenvalue weighted by atomic mass is 19.1. The Balaban J connectivity index is 1.74. The molecule has 3 aromatic carbocycles. The number of para-hydroxylation sites is 2. The number of hydrogen-bond donors (Lipinski definition) is 1. The molecule has 0 radical (unpaired) electrons. The van der Waals surface area contributed by atoms with Gasteiger partial charge in [-0.1, -0.05) is 42.5 Å². The molecule has 0 aliphatic heterocycles. The number of nitrogens with zero attached hydrogens (tertiary/aromatic N) is 1. The van der Waals surface area contributed by atoms with Crippen LogP contribution in [-0.2, 0) is 13.1 Å². The van der Waals surface area contributed by atoms with Crippen LogP contribution in [0.4, 0.5) is 4.39 Å². The lowest BCUT2D eigenvalue weighted by Gasteiger charge is -2.26. The van der Waals surface area contributed by atoms with Crippen LogP contribution in [0.25, 0.3) is 0 Å². The lowest BCUT2D eigenvalue weighted by Crippen LogP contribution is -2.35. The van der Waals surface area contributed by atoms with E-state index in [1.54, 1.807) is 26.4 Å². The molecule has 0 aliphatic rings. The number of halogens is 1. The van der Waals surface area contributed by atoms with Crippen LogP contribution in [0.15, 0.2) is 66.7 Å². The number of aryl methyl sites for hydroxylation is 1. The minimum atomic E-state index is -0.716. The molecule has 6 heteroatoms. The summed E-state index contributed by atoms with van der Waals surface area (Å²) in [4.78, 5) is 2.08. The number of ether oxygens (including phenoxy) is 3. The average Bonchev–Trinajstić information content (AvgIpc) is 2.79. The van der Waals surface area contributed by atoms with Crippen molar-refractivity contribution < 1.29 is 23.7 Å². The van der Waals surface area contributed by atoms with Crippen LogP contribution >= 0.6 is 0 Å². The van der Waals surface area contributed by atoms with Gasteiger partial charge in [0, 0.05) is 25.2 Å². The average molecular weight is 440 g/mol. The third kappa shape index (κ3) is 6.45. The molecule has 1 unspecified atom stereocenters. The molecule has 0 heterocycles. The van der Waals surface area contributed by atoms with Gasteiger partial charge in [-0.2, -0.15) is 0 Å². The fourth-order valence-corrected chi connectivity index (χ4v) is 3.61. The third-order valence-electron chi connectivity index (χ3n) is 5.19. The van der Waals surface area contributed by atoms with Gasteiger partial charge in [0.25, 0.3) is 0 Å². The Morgan fingerprint density at radius 1 is 0.875 bits per heavy atom. The number of aliphatic hydroxyl groups is 1. The largest absolute Gasteiger partial charge is 0.493 e. The SMILES string of the molecule is COc1cccc(CN(Cc2ccc(F)cc2)CC(O)COc2ccccc2C)c1OC. The van der Waals surface area contributed by atoms with Gasteiger partial charge < -0.3 is 19.3 Å². The highest BCUT2D eigenvalue weighted by Crippen LogP contribution is 2.32. The van der Waals surface area contributed by atoms with Gasteiger partial charge in [0.15, 0.2) is 11.5 Å². The number of methoxy groups -OCH3 is 2. The van der Waals surface area contributed by atoms with E-state index >= 15 is 0 Å². The fraction of sp³-hybridized carbons (Fsp3) is 0.308. The minimum Gasteiger partial charge on any atom is -0.493 e. The summed E-state index contributed by atoms with van der Waals surface area (Å²) in [6.45, 7) is 3.54. The molecule has 0 bridgehead atoms. The molecule has 3 rings (SSSR count). The number of hydrogen-bond acceptors (Lipinski definition) is 5. The van der Waals surface area contributed by atoms with E-state index in [2.05, 4.69) is 4.90 Å². The zero-order chi connectivity index (χ0) is 22.9. The molecule has 0 saturated heterocycles. The molecule has 0 aromatic heterocycles. The lowest BCUT2D eigenvalue weighted by atomic mass is 10.1. The topological polar surface area (TPSA) is 51.2 Å². The van der Waals surface area contributed by atoms with Crippen LogP contribution in [-0.4, -0.2) is 43.5 Å². The lowest BCUT2D eigenvalue weighted by molar-refractivity contribution is 0.0623. The Morgan fingerprint density at radius 3 is 2.28 bits per heavy atom. The maximum atomic E-state index is 13.4. The van der Waals surface area contributed by atoms with Crippen molar-refractivity contribution in [2.24, 2.45) is 0 Å². The van der Waals surface area contributed by atoms with Crippen LogP contribution in [0.3, 0.4) is 0 Å². The molecular weight excluding hydrogens is 409 g/mol. The van der Waals surface area contributed by atoms with Crippen molar-refractivity contribution in [3.8, 4) is 17.2 Å². The van der Waals surface area contributed by atoms with Gasteiger partial charge in [-0.3, -0.25) is 4.90 Å². The van der Waals surface area contributed by atoms with E-state index in [1.807, 2.05) is 49.4 Å². The number of rotatable bonds is 11. The van der Waals surface area contributed by atoms with E-state index in [1.165, 1.54) is 12.1 Å². The molecule has 0 fully saturated rings. The van der Waals surface area contributed by atoms with E-state index in [4.69, 9.17) is 14.2 Å². The predicted molar refractivity (Wildman–Crippen MR) is 123 cm³/mol. The summed E-state index contributed by atoms with van der Waals surface area (Å²) in [6, 6.07) is 19.8. The van der Waals surface area contributed by atoms with E-state index < -0.39 is 6.10 Å². The van der Waals surface area contributed by atoms with Gasteiger partial charge in [-0.15, -0.1) is 0 Å². The first-order chi connectivity index (χ1) is 15.5. The Kier molecular flexibility index (Phi) is 8.48. The molecular formula is C26H30FNO4. The first kappa shape index (κ1) is 23.6. The van der Waals surface area contributed by atoms with Crippen LogP contribution in [0, 0.1) is 12.7 Å². The third-order valence-corrected chi connectivity index (χ3v) is 5.19. The van der Waals surface area contributed by atoms with Gasteiger partial charge in [-0.05, 0) is 42.3 Å². The molecule has 5 nitrogen and oxygen atoms in total. The van der Waals surface area contributed by atoms with Crippen LogP contribution in [0.2, 0.25) is 0 Å². The summed E-state index contributed by atoms with van der Waals surface area (Å²) < 4.78 is 30.2. The van der Waals surface area contributed by atoms with Gasteiger partial charge in [0.1, 0.15) is 24.3 Å². The molecule has 0 amide bonds. The van der Waals surface area contributed by atoms with E-state index in [0.29, 0.717) is 31.1 Å². The van der Waals surface area contributed by atoms with Crippen LogP contribution in [0.1, 0.15) is 16.7 Å². The molecule has 32 heavy (non-hydrogen) atoms. The van der Waals surface area contributed by atoms with E-state index in [-0.39, 0.29) is 12.4 Å². The maximum absolute atomic E-state index is 13.4. The molecule has 0 aliphatic carbocycles. The molecule has 1 atom stereocenters. The van der Waals surface area contributed by atoms with E-state index in [9.17, 15) is 9.50 Å². The molecule has 0 saturated carbocycles. The molecule has 1 N–H and O–H groups in total. The highest BCUT2D eigenvalue weighted by molar-refractivity contribution is 5.46. The summed E-state index contributed by atoms with van der Waals surface area (Å²) in [5.41, 5.74) is 2.89. The summed E-state index contributed by atoms with van der Waals surface area (Å²) in [5.74, 6) is 1.78. The van der Waals surface area contributed by atoms with Gasteiger partial charge in [0.05, 0.1) is 14.2 Å². The normalized spacial score (nSPS) is 11.9. The van der Waals surface area contributed by atoms with Gasteiger partial charge in [0.2, 0.25) is 0 Å². The minimum absolute atomic E-state index is 0.167. The summed E-state index contributed by atoms with van der Waals surface area (Å²) >= 11 is 0. The highest BCUT2D eigenvalue weighted by Gasteiger charge is 2.18. The second-order valence-electron chi connectivity index (χ2n) is 7.68. The monoisotopic (exact) mass is 439 g/mol. The quantitative estimate of drug-likeness (QED) is 0.474. The Morgan fingerprint density at radius 2 is 1.59 bits per heavy atom. The van der Waals surface area contributed by atoms with Crippen molar-refractivity contribution in [3.63, 3.8) is 0 Å².